The van der Waals surface area contributed by atoms with Crippen molar-refractivity contribution in [1.82, 2.24) is 19.9 Å². The lowest BCUT2D eigenvalue weighted by molar-refractivity contribution is 0.667. The zero-order valence-corrected chi connectivity index (χ0v) is 25.1. The molecule has 3 aromatic heterocycles. The predicted molar refractivity (Wildman–Crippen MR) is 191 cm³/mol. The number of benzene rings is 7. The molecule has 218 valence electrons. The number of hydrogen-bond acceptors (Lipinski definition) is 5. The normalized spacial score (nSPS) is 11.8. The van der Waals surface area contributed by atoms with Crippen LogP contribution in [-0.4, -0.2) is 19.9 Å². The molecule has 0 aliphatic heterocycles. The van der Waals surface area contributed by atoms with Gasteiger partial charge in [-0.15, -0.1) is 0 Å². The number of aromatic nitrogens is 4. The summed E-state index contributed by atoms with van der Waals surface area (Å²) in [6.45, 7) is 0. The molecule has 5 nitrogen and oxygen atoms in total. The second kappa shape index (κ2) is 10.0. The minimum atomic E-state index is 0.589. The molecule has 7 aromatic carbocycles. The first-order valence-electron chi connectivity index (χ1n) is 15.6. The summed E-state index contributed by atoms with van der Waals surface area (Å²) in [7, 11) is 0. The lowest BCUT2D eigenvalue weighted by atomic mass is 9.94. The van der Waals surface area contributed by atoms with E-state index in [9.17, 15) is 0 Å². The number of nitrogens with zero attached hydrogens (tertiary/aromatic N) is 4. The topological polar surface area (TPSA) is 64.7 Å². The van der Waals surface area contributed by atoms with Gasteiger partial charge in [0.15, 0.2) is 23.1 Å². The van der Waals surface area contributed by atoms with Crippen LogP contribution in [0.15, 0.2) is 150 Å². The zero-order chi connectivity index (χ0) is 30.9. The fraction of sp³-hybridized carbons (Fsp3) is 0. The van der Waals surface area contributed by atoms with Crippen LogP contribution in [0.25, 0.3) is 99.2 Å². The average molecular weight is 601 g/mol. The standard InChI is InChI=1S/C42H24N4O/c1-2-9-28-23-29(16-15-25(28)7-1)40-44-41(46-42(45-40)35-13-6-14-36-39(35)33-21-22-43-24-37(33)47-36)34-12-5-10-27-18-19-31-30-11-4-3-8-26(30)17-20-32(31)38(27)34/h1-24H. The molecule has 10 rings (SSSR count). The lowest BCUT2D eigenvalue weighted by Gasteiger charge is -2.13. The molecule has 0 spiro atoms. The highest BCUT2D eigenvalue weighted by molar-refractivity contribution is 6.20. The number of pyridine rings is 1. The number of rotatable bonds is 3. The fourth-order valence-corrected chi connectivity index (χ4v) is 7.00. The van der Waals surface area contributed by atoms with Gasteiger partial charge in [0, 0.05) is 39.0 Å². The van der Waals surface area contributed by atoms with Gasteiger partial charge in [-0.05, 0) is 55.9 Å². The molecule has 0 aliphatic carbocycles. The van der Waals surface area contributed by atoms with Gasteiger partial charge in [-0.2, -0.15) is 0 Å². The van der Waals surface area contributed by atoms with Crippen molar-refractivity contribution in [3.63, 3.8) is 0 Å². The van der Waals surface area contributed by atoms with Gasteiger partial charge in [0.2, 0.25) is 0 Å². The molecule has 47 heavy (non-hydrogen) atoms. The highest BCUT2D eigenvalue weighted by atomic mass is 16.3. The Balaban J connectivity index is 1.29. The fourth-order valence-electron chi connectivity index (χ4n) is 7.00. The lowest BCUT2D eigenvalue weighted by Crippen LogP contribution is -2.01. The Bertz CT molecular complexity index is 2870. The van der Waals surface area contributed by atoms with Gasteiger partial charge in [0.25, 0.3) is 0 Å². The summed E-state index contributed by atoms with van der Waals surface area (Å²) in [6.07, 6.45) is 3.54. The van der Waals surface area contributed by atoms with Crippen molar-refractivity contribution in [2.45, 2.75) is 0 Å². The van der Waals surface area contributed by atoms with Crippen LogP contribution < -0.4 is 0 Å². The van der Waals surface area contributed by atoms with E-state index < -0.39 is 0 Å². The Hall–Kier alpha value is -6.46. The summed E-state index contributed by atoms with van der Waals surface area (Å²) in [5.41, 5.74) is 4.27. The Kier molecular flexibility index (Phi) is 5.51. The van der Waals surface area contributed by atoms with Crippen LogP contribution in [0.4, 0.5) is 0 Å². The Morgan fingerprint density at radius 2 is 1.09 bits per heavy atom. The van der Waals surface area contributed by atoms with Gasteiger partial charge < -0.3 is 4.42 Å². The highest BCUT2D eigenvalue weighted by Crippen LogP contribution is 2.39. The molecule has 0 saturated heterocycles. The molecule has 0 fully saturated rings. The van der Waals surface area contributed by atoms with E-state index in [-0.39, 0.29) is 0 Å². The molecule has 0 radical (unpaired) electrons. The smallest absolute Gasteiger partial charge is 0.164 e. The van der Waals surface area contributed by atoms with Crippen LogP contribution in [0.1, 0.15) is 0 Å². The summed E-state index contributed by atoms with van der Waals surface area (Å²) in [5.74, 6) is 1.83. The highest BCUT2D eigenvalue weighted by Gasteiger charge is 2.19. The van der Waals surface area contributed by atoms with Crippen molar-refractivity contribution in [2.75, 3.05) is 0 Å². The van der Waals surface area contributed by atoms with Crippen molar-refractivity contribution >= 4 is 65.0 Å². The second-order valence-corrected chi connectivity index (χ2v) is 11.9. The van der Waals surface area contributed by atoms with Gasteiger partial charge in [-0.3, -0.25) is 4.98 Å². The molecule has 0 atom stereocenters. The predicted octanol–water partition coefficient (Wildman–Crippen LogP) is 10.8. The maximum absolute atomic E-state index is 6.20. The molecule has 0 saturated carbocycles. The molecule has 0 aliphatic rings. The third-order valence-electron chi connectivity index (χ3n) is 9.19. The quantitative estimate of drug-likeness (QED) is 0.189. The van der Waals surface area contributed by atoms with Crippen molar-refractivity contribution < 1.29 is 4.42 Å². The van der Waals surface area contributed by atoms with E-state index in [0.717, 1.165) is 54.8 Å². The third kappa shape index (κ3) is 4.03. The van der Waals surface area contributed by atoms with Crippen LogP contribution in [0, 0.1) is 0 Å². The molecular weight excluding hydrogens is 576 g/mol. The first kappa shape index (κ1) is 25.8. The summed E-state index contributed by atoms with van der Waals surface area (Å²) >= 11 is 0. The molecule has 10 aromatic rings. The Morgan fingerprint density at radius 1 is 0.404 bits per heavy atom. The largest absolute Gasteiger partial charge is 0.454 e. The van der Waals surface area contributed by atoms with E-state index in [1.807, 2.05) is 18.2 Å². The van der Waals surface area contributed by atoms with Crippen molar-refractivity contribution in [1.29, 1.82) is 0 Å². The van der Waals surface area contributed by atoms with E-state index >= 15 is 0 Å². The van der Waals surface area contributed by atoms with Crippen molar-refractivity contribution in [3.05, 3.63) is 146 Å². The van der Waals surface area contributed by atoms with Crippen molar-refractivity contribution in [3.8, 4) is 34.2 Å². The Labute approximate surface area is 268 Å². The van der Waals surface area contributed by atoms with Crippen LogP contribution in [0.3, 0.4) is 0 Å². The number of hydrogen-bond donors (Lipinski definition) is 0. The third-order valence-corrected chi connectivity index (χ3v) is 9.19. The first-order valence-corrected chi connectivity index (χ1v) is 15.6. The minimum Gasteiger partial charge on any atom is -0.454 e. The van der Waals surface area contributed by atoms with E-state index in [1.165, 1.54) is 26.9 Å². The maximum atomic E-state index is 6.20. The molecular formula is C42H24N4O. The van der Waals surface area contributed by atoms with Gasteiger partial charge in [0.05, 0.1) is 6.20 Å². The summed E-state index contributed by atoms with van der Waals surface area (Å²) in [4.78, 5) is 19.9. The molecule has 5 heteroatoms. The summed E-state index contributed by atoms with van der Waals surface area (Å²) in [5, 5.41) is 11.3. The van der Waals surface area contributed by atoms with Crippen molar-refractivity contribution in [2.24, 2.45) is 0 Å². The maximum Gasteiger partial charge on any atom is 0.164 e. The number of furan rings is 1. The van der Waals surface area contributed by atoms with Crippen LogP contribution in [0.2, 0.25) is 0 Å². The minimum absolute atomic E-state index is 0.589. The molecule has 0 amide bonds. The van der Waals surface area contributed by atoms with Crippen LogP contribution >= 0.6 is 0 Å². The molecule has 0 bridgehead atoms. The number of fused-ring (bicyclic) bond motifs is 9. The van der Waals surface area contributed by atoms with Gasteiger partial charge >= 0.3 is 0 Å². The first-order chi connectivity index (χ1) is 23.3. The average Bonchev–Trinajstić information content (AvgIpc) is 3.53. The SMILES string of the molecule is c1ccc2cc(-c3nc(-c4cccc5ccc6c7ccccc7ccc6c45)nc(-c4cccc5oc6cnccc6c45)n3)ccc2c1. The van der Waals surface area contributed by atoms with E-state index in [2.05, 4.69) is 120 Å². The monoisotopic (exact) mass is 600 g/mol. The second-order valence-electron chi connectivity index (χ2n) is 11.9. The molecule has 0 unspecified atom stereocenters. The van der Waals surface area contributed by atoms with Gasteiger partial charge in [-0.25, -0.2) is 15.0 Å². The zero-order valence-electron chi connectivity index (χ0n) is 25.1. The molecule has 0 N–H and O–H groups in total. The Morgan fingerprint density at radius 3 is 1.98 bits per heavy atom. The molecule has 3 heterocycles. The van der Waals surface area contributed by atoms with Gasteiger partial charge in [0.1, 0.15) is 5.58 Å². The van der Waals surface area contributed by atoms with E-state index in [4.69, 9.17) is 19.4 Å². The van der Waals surface area contributed by atoms with E-state index in [1.54, 1.807) is 12.4 Å². The van der Waals surface area contributed by atoms with Gasteiger partial charge in [-0.1, -0.05) is 115 Å². The van der Waals surface area contributed by atoms with Crippen LogP contribution in [-0.2, 0) is 0 Å². The van der Waals surface area contributed by atoms with E-state index in [0.29, 0.717) is 17.5 Å². The van der Waals surface area contributed by atoms with Crippen LogP contribution in [0.5, 0.6) is 0 Å². The summed E-state index contributed by atoms with van der Waals surface area (Å²) < 4.78 is 6.20. The summed E-state index contributed by atoms with van der Waals surface area (Å²) in [6, 6.07) is 46.5.